The van der Waals surface area contributed by atoms with Gasteiger partial charge in [-0.15, -0.1) is 0 Å². The minimum Gasteiger partial charge on any atom is -0.481 e. The second-order valence-electron chi connectivity index (χ2n) is 5.88. The summed E-state index contributed by atoms with van der Waals surface area (Å²) in [5.41, 5.74) is -0.934. The Bertz CT molecular complexity index is 337. The molecule has 20 heavy (non-hydrogen) atoms. The number of likely N-dealkylation sites (tertiary alicyclic amines) is 1. The van der Waals surface area contributed by atoms with Crippen LogP contribution in [0.25, 0.3) is 0 Å². The van der Waals surface area contributed by atoms with Crippen LogP contribution in [0.5, 0.6) is 0 Å². The molecule has 5 heteroatoms. The van der Waals surface area contributed by atoms with Crippen LogP contribution in [0.4, 0.5) is 0 Å². The molecule has 1 aliphatic rings. The number of nitrogens with zero attached hydrogens (tertiary/aromatic N) is 1. The van der Waals surface area contributed by atoms with Crippen molar-refractivity contribution in [3.63, 3.8) is 0 Å². The van der Waals surface area contributed by atoms with Crippen LogP contribution in [-0.2, 0) is 9.59 Å². The van der Waals surface area contributed by atoms with Gasteiger partial charge in [-0.05, 0) is 25.7 Å². The van der Waals surface area contributed by atoms with Crippen LogP contribution in [0.3, 0.4) is 0 Å². The molecule has 1 amide bonds. The number of aliphatic hydroxyl groups is 1. The highest BCUT2D eigenvalue weighted by atomic mass is 16.4. The van der Waals surface area contributed by atoms with E-state index in [1.54, 1.807) is 4.90 Å². The molecule has 0 spiro atoms. The number of amides is 1. The van der Waals surface area contributed by atoms with E-state index in [9.17, 15) is 14.7 Å². The summed E-state index contributed by atoms with van der Waals surface area (Å²) in [5.74, 6) is -0.967. The minimum atomic E-state index is -0.934. The Morgan fingerprint density at radius 1 is 1.25 bits per heavy atom. The number of aliphatic carboxylic acids is 1. The third kappa shape index (κ3) is 4.78. The predicted octanol–water partition coefficient (Wildman–Crippen LogP) is 2.17. The number of carboxylic acid groups (broad SMARTS) is 1. The number of carboxylic acids is 1. The Labute approximate surface area is 121 Å². The molecule has 1 heterocycles. The summed E-state index contributed by atoms with van der Waals surface area (Å²) >= 11 is 0. The molecular formula is C15H27NO4. The van der Waals surface area contributed by atoms with Gasteiger partial charge in [0.25, 0.3) is 0 Å². The quantitative estimate of drug-likeness (QED) is 0.716. The average molecular weight is 285 g/mol. The summed E-state index contributed by atoms with van der Waals surface area (Å²) in [7, 11) is 0. The molecule has 0 radical (unpaired) electrons. The van der Waals surface area contributed by atoms with Crippen molar-refractivity contribution in [3.8, 4) is 0 Å². The molecular weight excluding hydrogens is 258 g/mol. The second kappa shape index (κ2) is 7.62. The standard InChI is InChI=1S/C15H27NO4/c1-3-7-15(20,8-4-2)11-13(17)16-9-5-6-12(16)10-14(18)19/h12,20H,3-11H2,1-2H3,(H,18,19). The highest BCUT2D eigenvalue weighted by Crippen LogP contribution is 2.28. The van der Waals surface area contributed by atoms with Crippen LogP contribution < -0.4 is 0 Å². The molecule has 0 aliphatic carbocycles. The molecule has 1 atom stereocenters. The number of carbonyl (C=O) groups excluding carboxylic acids is 1. The van der Waals surface area contributed by atoms with Crippen molar-refractivity contribution in [2.45, 2.75) is 76.9 Å². The summed E-state index contributed by atoms with van der Waals surface area (Å²) in [6, 6.07) is -0.201. The van der Waals surface area contributed by atoms with E-state index in [0.29, 0.717) is 19.4 Å². The third-order valence-electron chi connectivity index (χ3n) is 4.02. The first-order valence-corrected chi connectivity index (χ1v) is 7.65. The van der Waals surface area contributed by atoms with Crippen LogP contribution in [0.2, 0.25) is 0 Å². The van der Waals surface area contributed by atoms with Gasteiger partial charge in [-0.1, -0.05) is 26.7 Å². The lowest BCUT2D eigenvalue weighted by Crippen LogP contribution is -2.42. The number of carbonyl (C=O) groups is 2. The third-order valence-corrected chi connectivity index (χ3v) is 4.02. The molecule has 1 aliphatic heterocycles. The van der Waals surface area contributed by atoms with Crippen molar-refractivity contribution in [1.82, 2.24) is 4.90 Å². The zero-order chi connectivity index (χ0) is 15.2. The van der Waals surface area contributed by atoms with Crippen LogP contribution in [0.15, 0.2) is 0 Å². The Morgan fingerprint density at radius 3 is 2.35 bits per heavy atom. The molecule has 0 aromatic carbocycles. The van der Waals surface area contributed by atoms with E-state index in [2.05, 4.69) is 0 Å². The SMILES string of the molecule is CCCC(O)(CCC)CC(=O)N1CCCC1CC(=O)O. The Kier molecular flexibility index (Phi) is 6.46. The van der Waals surface area contributed by atoms with E-state index in [4.69, 9.17) is 5.11 Å². The molecule has 116 valence electrons. The smallest absolute Gasteiger partial charge is 0.305 e. The Morgan fingerprint density at radius 2 is 1.85 bits per heavy atom. The van der Waals surface area contributed by atoms with Gasteiger partial charge in [-0.25, -0.2) is 0 Å². The minimum absolute atomic E-state index is 0.00568. The van der Waals surface area contributed by atoms with Crippen molar-refractivity contribution in [3.05, 3.63) is 0 Å². The largest absolute Gasteiger partial charge is 0.481 e. The highest BCUT2D eigenvalue weighted by Gasteiger charge is 2.35. The van der Waals surface area contributed by atoms with Crippen LogP contribution >= 0.6 is 0 Å². The fraction of sp³-hybridized carbons (Fsp3) is 0.867. The summed E-state index contributed by atoms with van der Waals surface area (Å²) < 4.78 is 0. The molecule has 1 unspecified atom stereocenters. The van der Waals surface area contributed by atoms with Crippen molar-refractivity contribution in [2.24, 2.45) is 0 Å². The monoisotopic (exact) mass is 285 g/mol. The summed E-state index contributed by atoms with van der Waals surface area (Å²) in [5, 5.41) is 19.4. The molecule has 1 rings (SSSR count). The highest BCUT2D eigenvalue weighted by molar-refractivity contribution is 5.79. The molecule has 5 nitrogen and oxygen atoms in total. The van der Waals surface area contributed by atoms with Gasteiger partial charge < -0.3 is 15.1 Å². The molecule has 0 saturated carbocycles. The van der Waals surface area contributed by atoms with E-state index in [1.807, 2.05) is 13.8 Å². The Balaban J connectivity index is 2.65. The van der Waals surface area contributed by atoms with Gasteiger partial charge in [0.15, 0.2) is 0 Å². The average Bonchev–Trinajstić information content (AvgIpc) is 2.76. The van der Waals surface area contributed by atoms with Gasteiger partial charge in [-0.2, -0.15) is 0 Å². The van der Waals surface area contributed by atoms with E-state index in [1.165, 1.54) is 0 Å². The molecule has 0 aromatic heterocycles. The molecule has 0 bridgehead atoms. The van der Waals surface area contributed by atoms with Gasteiger partial charge >= 0.3 is 5.97 Å². The maximum atomic E-state index is 12.4. The first-order valence-electron chi connectivity index (χ1n) is 7.65. The van der Waals surface area contributed by atoms with Gasteiger partial charge in [0.05, 0.1) is 18.4 Å². The van der Waals surface area contributed by atoms with Gasteiger partial charge in [-0.3, -0.25) is 9.59 Å². The predicted molar refractivity (Wildman–Crippen MR) is 76.4 cm³/mol. The zero-order valence-electron chi connectivity index (χ0n) is 12.6. The van der Waals surface area contributed by atoms with Crippen molar-refractivity contribution < 1.29 is 19.8 Å². The molecule has 0 aromatic rings. The summed E-state index contributed by atoms with van der Waals surface area (Å²) in [4.78, 5) is 24.9. The molecule has 1 saturated heterocycles. The van der Waals surface area contributed by atoms with Crippen LogP contribution in [0, 0.1) is 0 Å². The summed E-state index contributed by atoms with van der Waals surface area (Å²) in [6.45, 7) is 4.60. The lowest BCUT2D eigenvalue weighted by molar-refractivity contribution is -0.141. The van der Waals surface area contributed by atoms with Gasteiger partial charge in [0.2, 0.25) is 5.91 Å². The number of hydrogen-bond donors (Lipinski definition) is 2. The van der Waals surface area contributed by atoms with Gasteiger partial charge in [0, 0.05) is 12.6 Å². The fourth-order valence-electron chi connectivity index (χ4n) is 3.19. The lowest BCUT2D eigenvalue weighted by atomic mass is 9.88. The second-order valence-corrected chi connectivity index (χ2v) is 5.88. The van der Waals surface area contributed by atoms with E-state index in [0.717, 1.165) is 25.7 Å². The number of rotatable bonds is 8. The summed E-state index contributed by atoms with van der Waals surface area (Å²) in [6.07, 6.45) is 4.62. The Hall–Kier alpha value is -1.10. The molecule has 2 N–H and O–H groups in total. The zero-order valence-corrected chi connectivity index (χ0v) is 12.6. The normalized spacial score (nSPS) is 19.4. The topological polar surface area (TPSA) is 77.8 Å². The lowest BCUT2D eigenvalue weighted by Gasteiger charge is -2.31. The first-order chi connectivity index (χ1) is 9.41. The first kappa shape index (κ1) is 17.0. The maximum absolute atomic E-state index is 12.4. The molecule has 1 fully saturated rings. The van der Waals surface area contributed by atoms with Crippen LogP contribution in [0.1, 0.15) is 65.2 Å². The van der Waals surface area contributed by atoms with E-state index in [-0.39, 0.29) is 24.8 Å². The van der Waals surface area contributed by atoms with Crippen molar-refractivity contribution in [2.75, 3.05) is 6.54 Å². The van der Waals surface area contributed by atoms with Crippen molar-refractivity contribution in [1.29, 1.82) is 0 Å². The fourth-order valence-corrected chi connectivity index (χ4v) is 3.19. The van der Waals surface area contributed by atoms with Crippen molar-refractivity contribution >= 4 is 11.9 Å². The van der Waals surface area contributed by atoms with E-state index < -0.39 is 11.6 Å². The maximum Gasteiger partial charge on any atom is 0.305 e. The van der Waals surface area contributed by atoms with Crippen LogP contribution in [-0.4, -0.2) is 45.2 Å². The van der Waals surface area contributed by atoms with E-state index >= 15 is 0 Å². The number of hydrogen-bond acceptors (Lipinski definition) is 3. The van der Waals surface area contributed by atoms with Gasteiger partial charge in [0.1, 0.15) is 0 Å².